The van der Waals surface area contributed by atoms with E-state index in [1.54, 1.807) is 35.0 Å². The summed E-state index contributed by atoms with van der Waals surface area (Å²) in [7, 11) is -3.80. The third-order valence-corrected chi connectivity index (χ3v) is 6.15. The minimum atomic E-state index is -3.80. The molecule has 0 aliphatic heterocycles. The predicted molar refractivity (Wildman–Crippen MR) is 122 cm³/mol. The zero-order valence-corrected chi connectivity index (χ0v) is 19.0. The molecule has 0 aliphatic rings. The van der Waals surface area contributed by atoms with Gasteiger partial charge in [0.15, 0.2) is 11.6 Å². The van der Waals surface area contributed by atoms with E-state index in [0.717, 1.165) is 11.4 Å². The molecule has 0 radical (unpaired) electrons. The fourth-order valence-corrected chi connectivity index (χ4v) is 4.22. The van der Waals surface area contributed by atoms with Crippen molar-refractivity contribution in [3.05, 3.63) is 83.9 Å². The molecule has 2 heterocycles. The van der Waals surface area contributed by atoms with Gasteiger partial charge >= 0.3 is 0 Å². The second kappa shape index (κ2) is 8.83. The van der Waals surface area contributed by atoms with Crippen molar-refractivity contribution in [3.8, 4) is 17.4 Å². The van der Waals surface area contributed by atoms with Crippen LogP contribution >= 0.6 is 0 Å². The number of ether oxygens (including phenoxy) is 1. The first-order valence-corrected chi connectivity index (χ1v) is 11.5. The maximum atomic E-state index is 12.6. The summed E-state index contributed by atoms with van der Waals surface area (Å²) in [6, 6.07) is 15.8. The number of ketones is 1. The monoisotopic (exact) mass is 463 g/mol. The average Bonchev–Trinajstić information content (AvgIpc) is 3.13. The van der Waals surface area contributed by atoms with Crippen LogP contribution in [0.2, 0.25) is 0 Å². The first-order valence-electron chi connectivity index (χ1n) is 9.99. The van der Waals surface area contributed by atoms with Gasteiger partial charge in [-0.25, -0.2) is 23.1 Å². The van der Waals surface area contributed by atoms with Crippen molar-refractivity contribution in [2.24, 2.45) is 0 Å². The Bertz CT molecular complexity index is 1410. The van der Waals surface area contributed by atoms with Crippen molar-refractivity contribution >= 4 is 21.5 Å². The first kappa shape index (κ1) is 22.2. The highest BCUT2D eigenvalue weighted by Crippen LogP contribution is 2.24. The van der Waals surface area contributed by atoms with Crippen LogP contribution in [0.25, 0.3) is 5.82 Å². The zero-order valence-electron chi connectivity index (χ0n) is 18.2. The Morgan fingerprint density at radius 3 is 2.27 bits per heavy atom. The molecule has 33 heavy (non-hydrogen) atoms. The second-order valence-electron chi connectivity index (χ2n) is 7.37. The van der Waals surface area contributed by atoms with Gasteiger partial charge in [-0.1, -0.05) is 12.1 Å². The number of anilines is 1. The predicted octanol–water partition coefficient (Wildman–Crippen LogP) is 4.07. The van der Waals surface area contributed by atoms with Gasteiger partial charge in [-0.3, -0.25) is 9.52 Å². The number of hydrogen-bond acceptors (Lipinski definition) is 7. The van der Waals surface area contributed by atoms with Crippen molar-refractivity contribution < 1.29 is 17.9 Å². The zero-order chi connectivity index (χ0) is 23.6. The molecule has 0 aliphatic carbocycles. The third-order valence-electron chi connectivity index (χ3n) is 4.75. The van der Waals surface area contributed by atoms with Gasteiger partial charge in [-0.15, -0.1) is 0 Å². The van der Waals surface area contributed by atoms with Crippen LogP contribution in [0.3, 0.4) is 0 Å². The van der Waals surface area contributed by atoms with Crippen LogP contribution in [0.1, 0.15) is 28.7 Å². The first-order chi connectivity index (χ1) is 15.7. The average molecular weight is 464 g/mol. The summed E-state index contributed by atoms with van der Waals surface area (Å²) in [5, 5.41) is 4.40. The molecule has 0 atom stereocenters. The van der Waals surface area contributed by atoms with Gasteiger partial charge in [-0.2, -0.15) is 5.10 Å². The van der Waals surface area contributed by atoms with E-state index in [9.17, 15) is 13.2 Å². The number of nitrogens with zero attached hydrogens (tertiary/aromatic N) is 4. The van der Waals surface area contributed by atoms with Crippen LogP contribution in [0.4, 0.5) is 5.69 Å². The maximum absolute atomic E-state index is 12.6. The van der Waals surface area contributed by atoms with E-state index in [1.165, 1.54) is 37.5 Å². The molecule has 10 heteroatoms. The number of benzene rings is 2. The molecule has 9 nitrogen and oxygen atoms in total. The van der Waals surface area contributed by atoms with Crippen molar-refractivity contribution in [2.75, 3.05) is 4.72 Å². The maximum Gasteiger partial charge on any atom is 0.261 e. The summed E-state index contributed by atoms with van der Waals surface area (Å²) < 4.78 is 35.2. The number of carbonyl (C=O) groups excluding carboxylic acids is 1. The number of hydrogen-bond donors (Lipinski definition) is 1. The number of carbonyl (C=O) groups is 1. The van der Waals surface area contributed by atoms with Crippen LogP contribution in [-0.2, 0) is 10.0 Å². The number of nitrogens with one attached hydrogen (secondary N) is 1. The van der Waals surface area contributed by atoms with Gasteiger partial charge in [0, 0.05) is 23.0 Å². The largest absolute Gasteiger partial charge is 0.439 e. The summed E-state index contributed by atoms with van der Waals surface area (Å²) in [5.74, 6) is 1.24. The minimum Gasteiger partial charge on any atom is -0.439 e. The van der Waals surface area contributed by atoms with Crippen molar-refractivity contribution in [3.63, 3.8) is 0 Å². The molecule has 0 bridgehead atoms. The SMILES string of the molecule is CC(=O)c1ccc(S(=O)(=O)Nc2ccc(Oc3cc(-n4nc(C)cc4C)ncn3)cc2)cc1. The van der Waals surface area contributed by atoms with Crippen LogP contribution in [0.5, 0.6) is 11.6 Å². The molecule has 4 aromatic rings. The van der Waals surface area contributed by atoms with Crippen molar-refractivity contribution in [2.45, 2.75) is 25.7 Å². The number of sulfonamides is 1. The van der Waals surface area contributed by atoms with Crippen molar-refractivity contribution in [1.29, 1.82) is 0 Å². The number of Topliss-reactive ketones (excluding diaryl/α,β-unsaturated/α-hetero) is 1. The number of rotatable bonds is 7. The molecule has 0 fully saturated rings. The molecule has 4 rings (SSSR count). The highest BCUT2D eigenvalue weighted by Gasteiger charge is 2.15. The minimum absolute atomic E-state index is 0.0606. The van der Waals surface area contributed by atoms with Gasteiger partial charge in [-0.05, 0) is 63.2 Å². The van der Waals surface area contributed by atoms with E-state index in [2.05, 4.69) is 19.8 Å². The van der Waals surface area contributed by atoms with E-state index < -0.39 is 10.0 Å². The lowest BCUT2D eigenvalue weighted by Gasteiger charge is -2.10. The molecule has 0 saturated heterocycles. The topological polar surface area (TPSA) is 116 Å². The Hall–Kier alpha value is -4.05. The highest BCUT2D eigenvalue weighted by atomic mass is 32.2. The summed E-state index contributed by atoms with van der Waals surface area (Å²) in [5.41, 5.74) is 2.62. The fourth-order valence-electron chi connectivity index (χ4n) is 3.16. The normalized spacial score (nSPS) is 11.2. The van der Waals surface area contributed by atoms with Gasteiger partial charge in [0.2, 0.25) is 5.88 Å². The molecule has 2 aromatic heterocycles. The standard InChI is InChI=1S/C23H21N5O4S/c1-15-12-16(2)28(26-15)22-13-23(25-14-24-22)32-20-8-6-19(7-9-20)27-33(30,31)21-10-4-18(5-11-21)17(3)29/h4-14,27H,1-3H3. The van der Waals surface area contributed by atoms with Crippen LogP contribution < -0.4 is 9.46 Å². The molecular weight excluding hydrogens is 442 g/mol. The Morgan fingerprint density at radius 2 is 1.67 bits per heavy atom. The Morgan fingerprint density at radius 1 is 0.970 bits per heavy atom. The van der Waals surface area contributed by atoms with E-state index in [-0.39, 0.29) is 10.7 Å². The van der Waals surface area contributed by atoms with E-state index in [4.69, 9.17) is 4.74 Å². The lowest BCUT2D eigenvalue weighted by Crippen LogP contribution is -2.13. The van der Waals surface area contributed by atoms with Crippen LogP contribution in [0, 0.1) is 13.8 Å². The van der Waals surface area contributed by atoms with Gasteiger partial charge in [0.1, 0.15) is 12.1 Å². The summed E-state index contributed by atoms with van der Waals surface area (Å²) in [6.07, 6.45) is 1.39. The highest BCUT2D eigenvalue weighted by molar-refractivity contribution is 7.92. The molecule has 0 amide bonds. The molecule has 2 aromatic carbocycles. The Labute approximate surface area is 191 Å². The summed E-state index contributed by atoms with van der Waals surface area (Å²) in [6.45, 7) is 5.26. The Kier molecular flexibility index (Phi) is 5.93. The second-order valence-corrected chi connectivity index (χ2v) is 9.05. The number of aryl methyl sites for hydroxylation is 2. The quantitative estimate of drug-likeness (QED) is 0.411. The fraction of sp³-hybridized carbons (Fsp3) is 0.130. The number of aromatic nitrogens is 4. The van der Waals surface area contributed by atoms with Crippen LogP contribution in [0.15, 0.2) is 71.9 Å². The molecule has 0 saturated carbocycles. The Balaban J connectivity index is 1.47. The lowest BCUT2D eigenvalue weighted by molar-refractivity contribution is 0.101. The summed E-state index contributed by atoms with van der Waals surface area (Å²) in [4.78, 5) is 19.8. The third kappa shape index (κ3) is 5.07. The van der Waals surface area contributed by atoms with E-state index in [1.807, 2.05) is 19.9 Å². The van der Waals surface area contributed by atoms with E-state index >= 15 is 0 Å². The molecule has 168 valence electrons. The van der Waals surface area contributed by atoms with Gasteiger partial charge in [0.05, 0.1) is 10.6 Å². The molecule has 1 N–H and O–H groups in total. The molecule has 0 unspecified atom stereocenters. The van der Waals surface area contributed by atoms with Gasteiger partial charge in [0.25, 0.3) is 10.0 Å². The summed E-state index contributed by atoms with van der Waals surface area (Å²) >= 11 is 0. The smallest absolute Gasteiger partial charge is 0.261 e. The van der Waals surface area contributed by atoms with Crippen LogP contribution in [-0.4, -0.2) is 33.9 Å². The molecule has 0 spiro atoms. The van der Waals surface area contributed by atoms with Gasteiger partial charge < -0.3 is 4.74 Å². The van der Waals surface area contributed by atoms with E-state index in [0.29, 0.717) is 28.7 Å². The molecular formula is C23H21N5O4S. The lowest BCUT2D eigenvalue weighted by atomic mass is 10.2. The van der Waals surface area contributed by atoms with Crippen molar-refractivity contribution in [1.82, 2.24) is 19.7 Å².